The first-order chi connectivity index (χ1) is 7.74. The average molecular weight is 218 g/mol. The second kappa shape index (κ2) is 4.18. The van der Waals surface area contributed by atoms with Gasteiger partial charge in [-0.1, -0.05) is 12.1 Å². The van der Waals surface area contributed by atoms with E-state index < -0.39 is 5.82 Å². The van der Waals surface area contributed by atoms with Crippen LogP contribution in [0.1, 0.15) is 0 Å². The Labute approximate surface area is 92.7 Å². The van der Waals surface area contributed by atoms with Gasteiger partial charge in [0.15, 0.2) is 11.6 Å². The number of nitrogens with zero attached hydrogens (tertiary/aromatic N) is 1. The molecule has 0 spiro atoms. The average Bonchev–Trinajstić information content (AvgIpc) is 2.31. The zero-order valence-corrected chi connectivity index (χ0v) is 8.77. The molecule has 1 heterocycles. The Morgan fingerprint density at radius 2 is 2.06 bits per heavy atom. The van der Waals surface area contributed by atoms with Crippen molar-refractivity contribution in [1.82, 2.24) is 4.98 Å². The lowest BCUT2D eigenvalue weighted by molar-refractivity contribution is 0.387. The normalized spacial score (nSPS) is 10.1. The van der Waals surface area contributed by atoms with E-state index in [1.165, 1.54) is 13.3 Å². The highest BCUT2D eigenvalue weighted by molar-refractivity contribution is 5.76. The molecule has 2 N–H and O–H groups in total. The van der Waals surface area contributed by atoms with E-state index in [1.807, 2.05) is 0 Å². The van der Waals surface area contributed by atoms with Crippen LogP contribution in [-0.4, -0.2) is 12.1 Å². The predicted molar refractivity (Wildman–Crippen MR) is 60.6 cm³/mol. The number of pyridine rings is 1. The van der Waals surface area contributed by atoms with Crippen molar-refractivity contribution in [2.45, 2.75) is 0 Å². The maximum atomic E-state index is 13.9. The molecule has 0 radical (unpaired) electrons. The molecule has 3 nitrogen and oxygen atoms in total. The first kappa shape index (κ1) is 10.4. The van der Waals surface area contributed by atoms with E-state index in [0.717, 1.165) is 0 Å². The number of hydrogen-bond acceptors (Lipinski definition) is 3. The Hall–Kier alpha value is -2.10. The lowest BCUT2D eigenvalue weighted by Crippen LogP contribution is -1.95. The standard InChI is InChI=1S/C12H11FN2O/c1-16-11-4-2-3-8(12(11)13)9-7-15-6-5-10(9)14/h2-7H,1H3,(H2,14,15). The molecule has 0 aliphatic carbocycles. The molecule has 0 aliphatic heterocycles. The van der Waals surface area contributed by atoms with Gasteiger partial charge in [-0.3, -0.25) is 4.98 Å². The van der Waals surface area contributed by atoms with Crippen molar-refractivity contribution >= 4 is 5.69 Å². The number of anilines is 1. The van der Waals surface area contributed by atoms with Gasteiger partial charge in [-0.2, -0.15) is 0 Å². The summed E-state index contributed by atoms with van der Waals surface area (Å²) in [6, 6.07) is 6.55. The summed E-state index contributed by atoms with van der Waals surface area (Å²) in [6.45, 7) is 0. The third-order valence-corrected chi connectivity index (χ3v) is 2.33. The third-order valence-electron chi connectivity index (χ3n) is 2.33. The summed E-state index contributed by atoms with van der Waals surface area (Å²) in [4.78, 5) is 3.93. The molecule has 1 aromatic carbocycles. The summed E-state index contributed by atoms with van der Waals surface area (Å²) < 4.78 is 18.8. The number of hydrogen-bond donors (Lipinski definition) is 1. The second-order valence-electron chi connectivity index (χ2n) is 3.28. The zero-order chi connectivity index (χ0) is 11.5. The minimum atomic E-state index is -0.426. The molecule has 0 saturated heterocycles. The van der Waals surface area contributed by atoms with Crippen molar-refractivity contribution in [3.63, 3.8) is 0 Å². The van der Waals surface area contributed by atoms with Crippen LogP contribution in [0.15, 0.2) is 36.7 Å². The Morgan fingerprint density at radius 3 is 2.75 bits per heavy atom. The molecule has 2 rings (SSSR count). The van der Waals surface area contributed by atoms with Gasteiger partial charge in [0.1, 0.15) is 0 Å². The molecule has 0 saturated carbocycles. The van der Waals surface area contributed by atoms with Crippen LogP contribution in [0.25, 0.3) is 11.1 Å². The molecule has 0 unspecified atom stereocenters. The smallest absolute Gasteiger partial charge is 0.172 e. The maximum absolute atomic E-state index is 13.9. The van der Waals surface area contributed by atoms with E-state index in [1.54, 1.807) is 30.5 Å². The fourth-order valence-electron chi connectivity index (χ4n) is 1.51. The van der Waals surface area contributed by atoms with Gasteiger partial charge < -0.3 is 10.5 Å². The Morgan fingerprint density at radius 1 is 1.25 bits per heavy atom. The van der Waals surface area contributed by atoms with E-state index in [-0.39, 0.29) is 5.75 Å². The summed E-state index contributed by atoms with van der Waals surface area (Å²) in [7, 11) is 1.43. The van der Waals surface area contributed by atoms with Gasteiger partial charge in [-0.25, -0.2) is 4.39 Å². The van der Waals surface area contributed by atoms with Gasteiger partial charge in [-0.15, -0.1) is 0 Å². The molecular weight excluding hydrogens is 207 g/mol. The number of benzene rings is 1. The van der Waals surface area contributed by atoms with E-state index in [0.29, 0.717) is 16.8 Å². The fourth-order valence-corrected chi connectivity index (χ4v) is 1.51. The number of ether oxygens (including phenoxy) is 1. The molecule has 4 heteroatoms. The van der Waals surface area contributed by atoms with Crippen LogP contribution in [-0.2, 0) is 0 Å². The monoisotopic (exact) mass is 218 g/mol. The van der Waals surface area contributed by atoms with Gasteiger partial charge >= 0.3 is 0 Å². The number of nitrogens with two attached hydrogens (primary N) is 1. The van der Waals surface area contributed by atoms with Crippen LogP contribution in [0.5, 0.6) is 5.75 Å². The van der Waals surface area contributed by atoms with Gasteiger partial charge in [0.2, 0.25) is 0 Å². The van der Waals surface area contributed by atoms with E-state index in [2.05, 4.69) is 4.98 Å². The molecule has 0 aliphatic rings. The minimum absolute atomic E-state index is 0.195. The minimum Gasteiger partial charge on any atom is -0.494 e. The second-order valence-corrected chi connectivity index (χ2v) is 3.28. The molecule has 2 aromatic rings. The first-order valence-electron chi connectivity index (χ1n) is 4.76. The van der Waals surface area contributed by atoms with Crippen molar-refractivity contribution in [3.8, 4) is 16.9 Å². The predicted octanol–water partition coefficient (Wildman–Crippen LogP) is 2.48. The first-order valence-corrected chi connectivity index (χ1v) is 4.76. The van der Waals surface area contributed by atoms with Gasteiger partial charge in [0.05, 0.1) is 7.11 Å². The molecular formula is C12H11FN2O. The lowest BCUT2D eigenvalue weighted by atomic mass is 10.1. The number of halogens is 1. The third kappa shape index (κ3) is 1.69. The Balaban J connectivity index is 2.61. The quantitative estimate of drug-likeness (QED) is 0.842. The van der Waals surface area contributed by atoms with E-state index in [4.69, 9.17) is 10.5 Å². The lowest BCUT2D eigenvalue weighted by Gasteiger charge is -2.08. The summed E-state index contributed by atoms with van der Waals surface area (Å²) in [5, 5.41) is 0. The molecule has 0 fully saturated rings. The summed E-state index contributed by atoms with van der Waals surface area (Å²) >= 11 is 0. The van der Waals surface area contributed by atoms with Crippen LogP contribution < -0.4 is 10.5 Å². The van der Waals surface area contributed by atoms with Crippen molar-refractivity contribution < 1.29 is 9.13 Å². The highest BCUT2D eigenvalue weighted by atomic mass is 19.1. The van der Waals surface area contributed by atoms with Crippen LogP contribution >= 0.6 is 0 Å². The molecule has 0 bridgehead atoms. The van der Waals surface area contributed by atoms with Gasteiger partial charge in [-0.05, 0) is 12.1 Å². The zero-order valence-electron chi connectivity index (χ0n) is 8.77. The largest absolute Gasteiger partial charge is 0.494 e. The fraction of sp³-hybridized carbons (Fsp3) is 0.0833. The highest BCUT2D eigenvalue weighted by Gasteiger charge is 2.12. The summed E-state index contributed by atoms with van der Waals surface area (Å²) in [5.74, 6) is -0.231. The molecule has 82 valence electrons. The van der Waals surface area contributed by atoms with Crippen LogP contribution in [0.3, 0.4) is 0 Å². The number of aromatic nitrogens is 1. The molecule has 1 aromatic heterocycles. The number of methoxy groups -OCH3 is 1. The van der Waals surface area contributed by atoms with Gasteiger partial charge in [0.25, 0.3) is 0 Å². The Bertz CT molecular complexity index is 514. The Kier molecular flexibility index (Phi) is 2.72. The molecule has 0 atom stereocenters. The summed E-state index contributed by atoms with van der Waals surface area (Å²) in [5.41, 5.74) is 7.22. The number of rotatable bonds is 2. The maximum Gasteiger partial charge on any atom is 0.172 e. The van der Waals surface area contributed by atoms with Gasteiger partial charge in [0, 0.05) is 29.2 Å². The van der Waals surface area contributed by atoms with Crippen molar-refractivity contribution in [1.29, 1.82) is 0 Å². The van der Waals surface area contributed by atoms with Crippen molar-refractivity contribution in [2.24, 2.45) is 0 Å². The van der Waals surface area contributed by atoms with E-state index >= 15 is 0 Å². The topological polar surface area (TPSA) is 48.1 Å². The van der Waals surface area contributed by atoms with Crippen LogP contribution in [0, 0.1) is 5.82 Å². The van der Waals surface area contributed by atoms with Crippen molar-refractivity contribution in [3.05, 3.63) is 42.5 Å². The summed E-state index contributed by atoms with van der Waals surface area (Å²) in [6.07, 6.45) is 3.10. The number of nitrogen functional groups attached to an aromatic ring is 1. The van der Waals surface area contributed by atoms with Crippen LogP contribution in [0.2, 0.25) is 0 Å². The van der Waals surface area contributed by atoms with Crippen LogP contribution in [0.4, 0.5) is 10.1 Å². The van der Waals surface area contributed by atoms with E-state index in [9.17, 15) is 4.39 Å². The molecule has 0 amide bonds. The molecule has 16 heavy (non-hydrogen) atoms. The van der Waals surface area contributed by atoms with Crippen molar-refractivity contribution in [2.75, 3.05) is 12.8 Å². The highest BCUT2D eigenvalue weighted by Crippen LogP contribution is 2.31. The SMILES string of the molecule is COc1cccc(-c2cnccc2N)c1F.